The first-order valence-corrected chi connectivity index (χ1v) is 9.83. The molecule has 7 nitrogen and oxygen atoms in total. The van der Waals surface area contributed by atoms with Crippen molar-refractivity contribution in [3.8, 4) is 11.5 Å². The van der Waals surface area contributed by atoms with E-state index in [1.54, 1.807) is 30.1 Å². The fraction of sp³-hybridized carbons (Fsp3) is 0.333. The van der Waals surface area contributed by atoms with Crippen molar-refractivity contribution in [3.05, 3.63) is 53.9 Å². The summed E-state index contributed by atoms with van der Waals surface area (Å²) in [5, 5.41) is 11.1. The molecule has 1 aromatic carbocycles. The number of carbonyl (C=O) groups excluding carboxylic acids is 1. The predicted molar refractivity (Wildman–Crippen MR) is 107 cm³/mol. The SMILES string of the molecule is CN1Cc2cccc(Nc3cccc(-c4nncn4C4CCCC4(F)F)n3)c2C1=O. The molecule has 3 aromatic rings. The molecule has 1 atom stereocenters. The molecule has 5 rings (SSSR count). The first-order chi connectivity index (χ1) is 14.4. The molecule has 2 aromatic heterocycles. The minimum absolute atomic E-state index is 0.0486. The zero-order chi connectivity index (χ0) is 20.9. The van der Waals surface area contributed by atoms with E-state index >= 15 is 0 Å². The van der Waals surface area contributed by atoms with Crippen LogP contribution in [0.3, 0.4) is 0 Å². The lowest BCUT2D eigenvalue weighted by Crippen LogP contribution is -2.25. The van der Waals surface area contributed by atoms with Gasteiger partial charge in [0.05, 0.1) is 11.3 Å². The molecule has 0 bridgehead atoms. The van der Waals surface area contributed by atoms with Crippen molar-refractivity contribution in [2.75, 3.05) is 12.4 Å². The maximum Gasteiger partial charge on any atom is 0.268 e. The molecular weight excluding hydrogens is 390 g/mol. The van der Waals surface area contributed by atoms with E-state index < -0.39 is 12.0 Å². The molecule has 30 heavy (non-hydrogen) atoms. The molecule has 1 aliphatic heterocycles. The number of halogens is 2. The van der Waals surface area contributed by atoms with Crippen molar-refractivity contribution < 1.29 is 13.6 Å². The van der Waals surface area contributed by atoms with E-state index in [4.69, 9.17) is 0 Å². The van der Waals surface area contributed by atoms with Crippen LogP contribution in [-0.4, -0.2) is 43.5 Å². The number of nitrogens with one attached hydrogen (secondary N) is 1. The fourth-order valence-electron chi connectivity index (χ4n) is 4.28. The molecule has 1 aliphatic carbocycles. The lowest BCUT2D eigenvalue weighted by Gasteiger charge is -2.21. The smallest absolute Gasteiger partial charge is 0.268 e. The molecular formula is C21H20F2N6O. The van der Waals surface area contributed by atoms with E-state index in [0.29, 0.717) is 48.0 Å². The van der Waals surface area contributed by atoms with Gasteiger partial charge in [0.15, 0.2) is 5.82 Å². The summed E-state index contributed by atoms with van der Waals surface area (Å²) in [4.78, 5) is 18.7. The third-order valence-corrected chi connectivity index (χ3v) is 5.74. The number of aromatic nitrogens is 4. The van der Waals surface area contributed by atoms with Gasteiger partial charge in [0.25, 0.3) is 11.8 Å². The summed E-state index contributed by atoms with van der Waals surface area (Å²) in [5.41, 5.74) is 2.68. The topological polar surface area (TPSA) is 75.9 Å². The van der Waals surface area contributed by atoms with Crippen LogP contribution in [0.4, 0.5) is 20.3 Å². The maximum atomic E-state index is 14.3. The largest absolute Gasteiger partial charge is 0.340 e. The van der Waals surface area contributed by atoms with Gasteiger partial charge in [-0.25, -0.2) is 13.8 Å². The quantitative estimate of drug-likeness (QED) is 0.703. The van der Waals surface area contributed by atoms with Gasteiger partial charge < -0.3 is 14.8 Å². The molecule has 0 radical (unpaired) electrons. The molecule has 154 valence electrons. The van der Waals surface area contributed by atoms with E-state index in [2.05, 4.69) is 20.5 Å². The van der Waals surface area contributed by atoms with Crippen molar-refractivity contribution in [1.82, 2.24) is 24.6 Å². The summed E-state index contributed by atoms with van der Waals surface area (Å²) >= 11 is 0. The lowest BCUT2D eigenvalue weighted by atomic mass is 10.1. The highest BCUT2D eigenvalue weighted by atomic mass is 19.3. The number of rotatable bonds is 4. The third kappa shape index (κ3) is 3.01. The summed E-state index contributed by atoms with van der Waals surface area (Å²) in [6, 6.07) is 9.92. The molecule has 3 heterocycles. The Balaban J connectivity index is 1.48. The van der Waals surface area contributed by atoms with Gasteiger partial charge >= 0.3 is 0 Å². The number of hydrogen-bond donors (Lipinski definition) is 1. The van der Waals surface area contributed by atoms with Gasteiger partial charge in [0, 0.05) is 20.0 Å². The van der Waals surface area contributed by atoms with Gasteiger partial charge in [-0.3, -0.25) is 4.79 Å². The molecule has 0 saturated heterocycles. The minimum Gasteiger partial charge on any atom is -0.340 e. The highest BCUT2D eigenvalue weighted by molar-refractivity contribution is 6.03. The Morgan fingerprint density at radius 2 is 2.03 bits per heavy atom. The van der Waals surface area contributed by atoms with Crippen LogP contribution >= 0.6 is 0 Å². The van der Waals surface area contributed by atoms with Crippen molar-refractivity contribution in [3.63, 3.8) is 0 Å². The van der Waals surface area contributed by atoms with Crippen LogP contribution in [0.25, 0.3) is 11.5 Å². The summed E-state index contributed by atoms with van der Waals surface area (Å²) in [7, 11) is 1.76. The zero-order valence-electron chi connectivity index (χ0n) is 16.3. The van der Waals surface area contributed by atoms with Crippen molar-refractivity contribution in [1.29, 1.82) is 0 Å². The predicted octanol–water partition coefficient (Wildman–Crippen LogP) is 4.03. The summed E-state index contributed by atoms with van der Waals surface area (Å²) in [6.45, 7) is 0.565. The number of anilines is 2. The van der Waals surface area contributed by atoms with Crippen molar-refractivity contribution in [2.24, 2.45) is 0 Å². The highest BCUT2D eigenvalue weighted by Crippen LogP contribution is 2.44. The number of benzene rings is 1. The average Bonchev–Trinajstić information content (AvgIpc) is 3.40. The Hall–Kier alpha value is -3.36. The molecule has 1 saturated carbocycles. The maximum absolute atomic E-state index is 14.3. The zero-order valence-corrected chi connectivity index (χ0v) is 16.3. The van der Waals surface area contributed by atoms with Gasteiger partial charge in [-0.05, 0) is 36.6 Å². The molecule has 1 fully saturated rings. The molecule has 1 unspecified atom stereocenters. The van der Waals surface area contributed by atoms with Crippen LogP contribution in [0.1, 0.15) is 41.2 Å². The van der Waals surface area contributed by atoms with E-state index in [1.807, 2.05) is 18.2 Å². The highest BCUT2D eigenvalue weighted by Gasteiger charge is 2.46. The summed E-state index contributed by atoms with van der Waals surface area (Å²) in [6.07, 6.45) is 2.05. The second kappa shape index (κ2) is 6.86. The lowest BCUT2D eigenvalue weighted by molar-refractivity contribution is -0.0302. The van der Waals surface area contributed by atoms with Crippen LogP contribution in [0, 0.1) is 0 Å². The number of pyridine rings is 1. The molecule has 1 N–H and O–H groups in total. The molecule has 0 spiro atoms. The van der Waals surface area contributed by atoms with Gasteiger partial charge in [-0.15, -0.1) is 10.2 Å². The number of nitrogens with zero attached hydrogens (tertiary/aromatic N) is 5. The van der Waals surface area contributed by atoms with Crippen LogP contribution in [0.5, 0.6) is 0 Å². The van der Waals surface area contributed by atoms with Crippen LogP contribution in [0.2, 0.25) is 0 Å². The van der Waals surface area contributed by atoms with Gasteiger partial charge in [-0.1, -0.05) is 18.2 Å². The van der Waals surface area contributed by atoms with Crippen LogP contribution < -0.4 is 5.32 Å². The second-order valence-electron chi connectivity index (χ2n) is 7.76. The Bertz CT molecular complexity index is 1130. The van der Waals surface area contributed by atoms with Crippen molar-refractivity contribution in [2.45, 2.75) is 37.8 Å². The molecule has 1 amide bonds. The standard InChI is InChI=1S/C21H20F2N6O/c1-28-11-13-5-2-6-14(18(13)20(28)30)25-17-9-3-7-15(26-17)19-27-24-12-29(19)16-8-4-10-21(16,22)23/h2-3,5-7,9,12,16H,4,8,10-11H2,1H3,(H,25,26). The summed E-state index contributed by atoms with van der Waals surface area (Å²) in [5.74, 6) is -2.04. The first-order valence-electron chi connectivity index (χ1n) is 9.83. The van der Waals surface area contributed by atoms with E-state index in [-0.39, 0.29) is 12.3 Å². The Morgan fingerprint density at radius 3 is 2.83 bits per heavy atom. The monoisotopic (exact) mass is 410 g/mol. The number of carbonyl (C=O) groups is 1. The molecule has 9 heteroatoms. The second-order valence-corrected chi connectivity index (χ2v) is 7.76. The van der Waals surface area contributed by atoms with Crippen molar-refractivity contribution >= 4 is 17.4 Å². The third-order valence-electron chi connectivity index (χ3n) is 5.74. The number of amides is 1. The summed E-state index contributed by atoms with van der Waals surface area (Å²) < 4.78 is 30.0. The number of alkyl halides is 2. The van der Waals surface area contributed by atoms with Crippen LogP contribution in [-0.2, 0) is 6.54 Å². The fourth-order valence-corrected chi connectivity index (χ4v) is 4.28. The number of hydrogen-bond acceptors (Lipinski definition) is 5. The van der Waals surface area contributed by atoms with Crippen LogP contribution in [0.15, 0.2) is 42.7 Å². The van der Waals surface area contributed by atoms with E-state index in [0.717, 1.165) is 5.56 Å². The Labute approximate surface area is 171 Å². The van der Waals surface area contributed by atoms with Gasteiger partial charge in [0.2, 0.25) is 0 Å². The Kier molecular flexibility index (Phi) is 4.27. The number of fused-ring (bicyclic) bond motifs is 1. The Morgan fingerprint density at radius 1 is 1.20 bits per heavy atom. The average molecular weight is 410 g/mol. The molecule has 2 aliphatic rings. The van der Waals surface area contributed by atoms with Gasteiger partial charge in [-0.2, -0.15) is 0 Å². The first kappa shape index (κ1) is 18.7. The van der Waals surface area contributed by atoms with E-state index in [9.17, 15) is 13.6 Å². The van der Waals surface area contributed by atoms with E-state index in [1.165, 1.54) is 10.9 Å². The minimum atomic E-state index is -2.79. The van der Waals surface area contributed by atoms with Gasteiger partial charge in [0.1, 0.15) is 23.9 Å². The normalized spacial score (nSPS) is 19.9.